The third kappa shape index (κ3) is 3.92. The topological polar surface area (TPSA) is 151 Å². The van der Waals surface area contributed by atoms with Gasteiger partial charge in [0.15, 0.2) is 5.78 Å². The van der Waals surface area contributed by atoms with Gasteiger partial charge in [-0.3, -0.25) is 18.7 Å². The van der Waals surface area contributed by atoms with Crippen LogP contribution in [0.1, 0.15) is 23.7 Å². The van der Waals surface area contributed by atoms with Gasteiger partial charge in [-0.2, -0.15) is 4.68 Å². The largest absolute Gasteiger partial charge is 0.508 e. The van der Waals surface area contributed by atoms with Crippen LogP contribution in [0, 0.1) is 0 Å². The number of phenols is 1. The zero-order chi connectivity index (χ0) is 21.1. The summed E-state index contributed by atoms with van der Waals surface area (Å²) in [6.45, 7) is 2.16. The van der Waals surface area contributed by atoms with E-state index in [-0.39, 0.29) is 22.9 Å². The SMILES string of the molecule is CCCn1c(N)c(C(=O)CSc2nnnn2-c2ccc(O)cc2)c(=O)n(C)c1=O. The van der Waals surface area contributed by atoms with E-state index in [9.17, 15) is 19.5 Å². The molecule has 152 valence electrons. The van der Waals surface area contributed by atoms with Crippen molar-refractivity contribution >= 4 is 23.4 Å². The zero-order valence-corrected chi connectivity index (χ0v) is 16.6. The number of benzene rings is 1. The fourth-order valence-electron chi connectivity index (χ4n) is 2.71. The highest BCUT2D eigenvalue weighted by molar-refractivity contribution is 7.99. The lowest BCUT2D eigenvalue weighted by Gasteiger charge is -2.13. The number of carbonyl (C=O) groups excluding carboxylic acids is 1. The van der Waals surface area contributed by atoms with Crippen molar-refractivity contribution in [2.24, 2.45) is 7.05 Å². The number of phenolic OH excluding ortho intramolecular Hbond substituents is 1. The number of nitrogens with two attached hydrogens (primary N) is 1. The Morgan fingerprint density at radius 1 is 1.24 bits per heavy atom. The van der Waals surface area contributed by atoms with E-state index in [0.717, 1.165) is 16.3 Å². The summed E-state index contributed by atoms with van der Waals surface area (Å²) >= 11 is 1.03. The molecule has 0 unspecified atom stereocenters. The van der Waals surface area contributed by atoms with Gasteiger partial charge in [-0.15, -0.1) is 5.10 Å². The molecule has 0 fully saturated rings. The summed E-state index contributed by atoms with van der Waals surface area (Å²) < 4.78 is 3.50. The number of Topliss-reactive ketones (excluding diaryl/α,β-unsaturated/α-hetero) is 1. The van der Waals surface area contributed by atoms with Crippen LogP contribution in [0.5, 0.6) is 5.75 Å². The minimum absolute atomic E-state index is 0.0970. The normalized spacial score (nSPS) is 11.0. The van der Waals surface area contributed by atoms with Crippen LogP contribution in [0.3, 0.4) is 0 Å². The van der Waals surface area contributed by atoms with E-state index in [1.165, 1.54) is 28.4 Å². The highest BCUT2D eigenvalue weighted by atomic mass is 32.2. The molecule has 0 saturated heterocycles. The Morgan fingerprint density at radius 3 is 2.59 bits per heavy atom. The molecule has 29 heavy (non-hydrogen) atoms. The number of aromatic hydroxyl groups is 1. The summed E-state index contributed by atoms with van der Waals surface area (Å²) in [5, 5.41) is 21.1. The van der Waals surface area contributed by atoms with Crippen LogP contribution in [-0.2, 0) is 13.6 Å². The number of hydrogen-bond donors (Lipinski definition) is 2. The second kappa shape index (κ2) is 8.31. The van der Waals surface area contributed by atoms with Crippen molar-refractivity contribution in [1.29, 1.82) is 0 Å². The van der Waals surface area contributed by atoms with Gasteiger partial charge in [-0.1, -0.05) is 18.7 Å². The molecule has 0 aliphatic rings. The number of carbonyl (C=O) groups is 1. The van der Waals surface area contributed by atoms with Gasteiger partial charge in [0.1, 0.15) is 17.1 Å². The van der Waals surface area contributed by atoms with E-state index in [1.807, 2.05) is 6.92 Å². The van der Waals surface area contributed by atoms with Crippen LogP contribution in [-0.4, -0.2) is 46.0 Å². The first kappa shape index (κ1) is 20.3. The lowest BCUT2D eigenvalue weighted by Crippen LogP contribution is -2.42. The number of nitrogen functional groups attached to an aromatic ring is 1. The molecule has 0 aliphatic heterocycles. The molecule has 2 heterocycles. The molecule has 2 aromatic heterocycles. The maximum Gasteiger partial charge on any atom is 0.332 e. The van der Waals surface area contributed by atoms with Crippen LogP contribution in [0.2, 0.25) is 0 Å². The molecule has 1 aromatic carbocycles. The molecular formula is C17H19N7O4S. The molecule has 0 aliphatic carbocycles. The molecule has 0 atom stereocenters. The van der Waals surface area contributed by atoms with Crippen LogP contribution in [0.15, 0.2) is 39.0 Å². The summed E-state index contributed by atoms with van der Waals surface area (Å²) in [5.41, 5.74) is 5.05. The molecular weight excluding hydrogens is 398 g/mol. The first-order valence-corrected chi connectivity index (χ1v) is 9.66. The highest BCUT2D eigenvalue weighted by Gasteiger charge is 2.22. The molecule has 0 saturated carbocycles. The molecule has 11 nitrogen and oxygen atoms in total. The van der Waals surface area contributed by atoms with Gasteiger partial charge in [-0.25, -0.2) is 4.79 Å². The number of tetrazole rings is 1. The number of thioether (sulfide) groups is 1. The molecule has 0 bridgehead atoms. The Bertz CT molecular complexity index is 1160. The van der Waals surface area contributed by atoms with Gasteiger partial charge >= 0.3 is 5.69 Å². The van der Waals surface area contributed by atoms with Crippen molar-refractivity contribution in [3.8, 4) is 11.4 Å². The molecule has 3 N–H and O–H groups in total. The van der Waals surface area contributed by atoms with Crippen LogP contribution >= 0.6 is 11.8 Å². The third-order valence-corrected chi connectivity index (χ3v) is 5.10. The van der Waals surface area contributed by atoms with Gasteiger partial charge in [0.2, 0.25) is 5.16 Å². The summed E-state index contributed by atoms with van der Waals surface area (Å²) in [7, 11) is 1.31. The van der Waals surface area contributed by atoms with Crippen LogP contribution in [0.4, 0.5) is 5.82 Å². The number of anilines is 1. The second-order valence-corrected chi connectivity index (χ2v) is 7.10. The first-order chi connectivity index (χ1) is 13.8. The Balaban J connectivity index is 1.88. The minimum Gasteiger partial charge on any atom is -0.508 e. The van der Waals surface area contributed by atoms with Gasteiger partial charge in [-0.05, 0) is 41.1 Å². The summed E-state index contributed by atoms with van der Waals surface area (Å²) in [6, 6.07) is 6.20. The smallest absolute Gasteiger partial charge is 0.332 e. The highest BCUT2D eigenvalue weighted by Crippen LogP contribution is 2.21. The number of nitrogens with zero attached hydrogens (tertiary/aromatic N) is 6. The van der Waals surface area contributed by atoms with Crippen molar-refractivity contribution in [1.82, 2.24) is 29.3 Å². The fraction of sp³-hybridized carbons (Fsp3) is 0.294. The van der Waals surface area contributed by atoms with Crippen molar-refractivity contribution < 1.29 is 9.90 Å². The molecule has 12 heteroatoms. The molecule has 0 spiro atoms. The summed E-state index contributed by atoms with van der Waals surface area (Å²) in [4.78, 5) is 37.4. The number of aromatic nitrogens is 6. The van der Waals surface area contributed by atoms with E-state index in [2.05, 4.69) is 15.5 Å². The van der Waals surface area contributed by atoms with E-state index < -0.39 is 17.0 Å². The zero-order valence-electron chi connectivity index (χ0n) is 15.8. The number of ketones is 1. The van der Waals surface area contributed by atoms with Crippen molar-refractivity contribution in [2.45, 2.75) is 25.0 Å². The van der Waals surface area contributed by atoms with Gasteiger partial charge in [0, 0.05) is 13.6 Å². The summed E-state index contributed by atoms with van der Waals surface area (Å²) in [5.74, 6) is -0.719. The lowest BCUT2D eigenvalue weighted by atomic mass is 10.2. The van der Waals surface area contributed by atoms with Gasteiger partial charge in [0.05, 0.1) is 11.4 Å². The van der Waals surface area contributed by atoms with E-state index in [4.69, 9.17) is 5.73 Å². The molecule has 3 aromatic rings. The van der Waals surface area contributed by atoms with E-state index >= 15 is 0 Å². The molecule has 0 amide bonds. The number of hydrogen-bond acceptors (Lipinski definition) is 9. The minimum atomic E-state index is -0.733. The predicted molar refractivity (Wildman–Crippen MR) is 107 cm³/mol. The monoisotopic (exact) mass is 417 g/mol. The number of rotatable bonds is 7. The maximum atomic E-state index is 12.8. The lowest BCUT2D eigenvalue weighted by molar-refractivity contribution is 0.102. The van der Waals surface area contributed by atoms with Crippen LogP contribution in [0.25, 0.3) is 5.69 Å². The van der Waals surface area contributed by atoms with E-state index in [1.54, 1.807) is 12.1 Å². The predicted octanol–water partition coefficient (Wildman–Crippen LogP) is 0.195. The third-order valence-electron chi connectivity index (χ3n) is 4.18. The average Bonchev–Trinajstić information content (AvgIpc) is 3.17. The quantitative estimate of drug-likeness (QED) is 0.405. The maximum absolute atomic E-state index is 12.8. The van der Waals surface area contributed by atoms with Crippen molar-refractivity contribution in [3.05, 3.63) is 50.7 Å². The Labute approximate surface area is 168 Å². The molecule has 3 rings (SSSR count). The van der Waals surface area contributed by atoms with E-state index in [0.29, 0.717) is 23.8 Å². The first-order valence-electron chi connectivity index (χ1n) is 8.68. The average molecular weight is 417 g/mol. The second-order valence-electron chi connectivity index (χ2n) is 6.16. The Kier molecular flexibility index (Phi) is 5.82. The standard InChI is InChI=1S/C17H19N7O4S/c1-3-8-23-14(18)13(15(27)22(2)17(23)28)12(26)9-29-16-19-20-21-24(16)10-4-6-11(25)7-5-10/h4-7,25H,3,8-9,18H2,1-2H3. The van der Waals surface area contributed by atoms with Crippen LogP contribution < -0.4 is 17.0 Å². The molecule has 0 radical (unpaired) electrons. The fourth-order valence-corrected chi connectivity index (χ4v) is 3.48. The Hall–Kier alpha value is -3.41. The van der Waals surface area contributed by atoms with Gasteiger partial charge < -0.3 is 10.8 Å². The van der Waals surface area contributed by atoms with Gasteiger partial charge in [0.25, 0.3) is 5.56 Å². The van der Waals surface area contributed by atoms with Crippen molar-refractivity contribution in [2.75, 3.05) is 11.5 Å². The Morgan fingerprint density at radius 2 is 1.93 bits per heavy atom. The van der Waals surface area contributed by atoms with Crippen molar-refractivity contribution in [3.63, 3.8) is 0 Å². The summed E-state index contributed by atoms with van der Waals surface area (Å²) in [6.07, 6.45) is 0.617.